The van der Waals surface area contributed by atoms with Crippen molar-refractivity contribution in [2.45, 2.75) is 6.04 Å². The van der Waals surface area contributed by atoms with Crippen LogP contribution in [0.15, 0.2) is 30.3 Å². The van der Waals surface area contributed by atoms with Crippen LogP contribution >= 0.6 is 0 Å². The van der Waals surface area contributed by atoms with E-state index in [4.69, 9.17) is 5.73 Å². The van der Waals surface area contributed by atoms with Gasteiger partial charge in [0.1, 0.15) is 11.7 Å². The standard InChI is InChI=1S/C17H18N6O3/c18-15-13(10-4-2-1-3-5-10)14(20-21-15)17(26)22-6-7-23-11(9-22)16(25)19-8-12(23)24/h1-5,11H,6-9H2,(H,19,25)(H3,18,20,21). The molecule has 2 aliphatic rings. The summed E-state index contributed by atoms with van der Waals surface area (Å²) in [5.74, 6) is -0.422. The van der Waals surface area contributed by atoms with Crippen molar-refractivity contribution in [1.29, 1.82) is 0 Å². The van der Waals surface area contributed by atoms with Crippen molar-refractivity contribution in [3.63, 3.8) is 0 Å². The Labute approximate surface area is 149 Å². The van der Waals surface area contributed by atoms with Crippen molar-refractivity contribution in [3.05, 3.63) is 36.0 Å². The molecule has 9 nitrogen and oxygen atoms in total. The van der Waals surface area contributed by atoms with E-state index >= 15 is 0 Å². The van der Waals surface area contributed by atoms with Crippen LogP contribution in [0.1, 0.15) is 10.5 Å². The molecule has 2 saturated heterocycles. The van der Waals surface area contributed by atoms with Gasteiger partial charge in [0.25, 0.3) is 5.91 Å². The van der Waals surface area contributed by atoms with Crippen molar-refractivity contribution in [2.24, 2.45) is 0 Å². The van der Waals surface area contributed by atoms with Gasteiger partial charge in [0.2, 0.25) is 11.8 Å². The molecule has 0 aliphatic carbocycles. The molecule has 134 valence electrons. The summed E-state index contributed by atoms with van der Waals surface area (Å²) in [5, 5.41) is 9.26. The molecule has 3 amide bonds. The zero-order chi connectivity index (χ0) is 18.3. The van der Waals surface area contributed by atoms with Gasteiger partial charge in [-0.25, -0.2) is 0 Å². The topological polar surface area (TPSA) is 124 Å². The average Bonchev–Trinajstić information content (AvgIpc) is 3.06. The van der Waals surface area contributed by atoms with Crippen LogP contribution in [0.2, 0.25) is 0 Å². The van der Waals surface area contributed by atoms with Crippen molar-refractivity contribution >= 4 is 23.5 Å². The van der Waals surface area contributed by atoms with Crippen LogP contribution in [0.5, 0.6) is 0 Å². The molecule has 1 aromatic heterocycles. The van der Waals surface area contributed by atoms with E-state index < -0.39 is 6.04 Å². The molecule has 26 heavy (non-hydrogen) atoms. The Morgan fingerprint density at radius 2 is 1.96 bits per heavy atom. The van der Waals surface area contributed by atoms with Crippen LogP contribution < -0.4 is 11.1 Å². The third kappa shape index (κ3) is 2.57. The van der Waals surface area contributed by atoms with Gasteiger partial charge in [0.15, 0.2) is 5.82 Å². The summed E-state index contributed by atoms with van der Waals surface area (Å²) in [6.07, 6.45) is 0. The molecule has 1 unspecified atom stereocenters. The van der Waals surface area contributed by atoms with E-state index in [2.05, 4.69) is 15.5 Å². The number of hydrogen-bond donors (Lipinski definition) is 3. The first-order valence-corrected chi connectivity index (χ1v) is 8.32. The highest BCUT2D eigenvalue weighted by Crippen LogP contribution is 2.29. The number of piperazine rings is 2. The maximum absolute atomic E-state index is 13.0. The lowest BCUT2D eigenvalue weighted by atomic mass is 10.0. The number of nitrogens with one attached hydrogen (secondary N) is 2. The number of hydrogen-bond acceptors (Lipinski definition) is 5. The van der Waals surface area contributed by atoms with Crippen LogP contribution in [-0.2, 0) is 9.59 Å². The predicted molar refractivity (Wildman–Crippen MR) is 92.9 cm³/mol. The number of aromatic nitrogens is 2. The van der Waals surface area contributed by atoms with E-state index in [0.29, 0.717) is 18.7 Å². The number of nitrogen functional groups attached to an aromatic ring is 1. The van der Waals surface area contributed by atoms with E-state index in [1.165, 1.54) is 4.90 Å². The SMILES string of the molecule is Nc1n[nH]c(C(=O)N2CCN3C(=O)CNC(=O)C3C2)c1-c1ccccc1. The maximum atomic E-state index is 13.0. The number of H-pyrrole nitrogens is 1. The fourth-order valence-corrected chi connectivity index (χ4v) is 3.44. The molecule has 4 rings (SSSR count). The highest BCUT2D eigenvalue weighted by atomic mass is 16.2. The fourth-order valence-electron chi connectivity index (χ4n) is 3.44. The highest BCUT2D eigenvalue weighted by Gasteiger charge is 2.40. The summed E-state index contributed by atoms with van der Waals surface area (Å²) in [5.41, 5.74) is 7.57. The van der Waals surface area contributed by atoms with Gasteiger partial charge >= 0.3 is 0 Å². The van der Waals surface area contributed by atoms with E-state index in [1.54, 1.807) is 4.90 Å². The molecular formula is C17H18N6O3. The Kier molecular flexibility index (Phi) is 3.83. The molecule has 1 atom stereocenters. The molecule has 0 spiro atoms. The first-order valence-electron chi connectivity index (χ1n) is 8.32. The number of nitrogens with zero attached hydrogens (tertiary/aromatic N) is 3. The Morgan fingerprint density at radius 1 is 1.19 bits per heavy atom. The fraction of sp³-hybridized carbons (Fsp3) is 0.294. The lowest BCUT2D eigenvalue weighted by Gasteiger charge is -2.42. The van der Waals surface area contributed by atoms with Crippen molar-refractivity contribution in [3.8, 4) is 11.1 Å². The predicted octanol–water partition coefficient (Wildman–Crippen LogP) is -0.558. The van der Waals surface area contributed by atoms with Gasteiger partial charge in [-0.2, -0.15) is 5.10 Å². The summed E-state index contributed by atoms with van der Waals surface area (Å²) in [6.45, 7) is 0.830. The zero-order valence-corrected chi connectivity index (χ0v) is 13.9. The van der Waals surface area contributed by atoms with Gasteiger partial charge < -0.3 is 20.9 Å². The lowest BCUT2D eigenvalue weighted by Crippen LogP contribution is -2.66. The molecule has 0 radical (unpaired) electrons. The minimum absolute atomic E-state index is 0.0124. The van der Waals surface area contributed by atoms with Crippen LogP contribution in [0.4, 0.5) is 5.82 Å². The zero-order valence-electron chi connectivity index (χ0n) is 13.9. The Hall–Kier alpha value is -3.36. The number of anilines is 1. The number of carbonyl (C=O) groups is 3. The summed E-state index contributed by atoms with van der Waals surface area (Å²) >= 11 is 0. The summed E-state index contributed by atoms with van der Waals surface area (Å²) in [6, 6.07) is 8.62. The molecule has 2 aromatic rings. The molecule has 4 N–H and O–H groups in total. The molecule has 2 fully saturated rings. The normalized spacial score (nSPS) is 19.9. The second kappa shape index (κ2) is 6.17. The van der Waals surface area contributed by atoms with Crippen LogP contribution in [0.3, 0.4) is 0 Å². The van der Waals surface area contributed by atoms with Crippen molar-refractivity contribution < 1.29 is 14.4 Å². The minimum Gasteiger partial charge on any atom is -0.382 e. The number of carbonyl (C=O) groups excluding carboxylic acids is 3. The first kappa shape index (κ1) is 16.1. The Bertz CT molecular complexity index is 878. The quantitative estimate of drug-likeness (QED) is 0.667. The molecular weight excluding hydrogens is 336 g/mol. The Balaban J connectivity index is 1.62. The van der Waals surface area contributed by atoms with E-state index in [-0.39, 0.29) is 42.3 Å². The second-order valence-corrected chi connectivity index (χ2v) is 6.30. The summed E-state index contributed by atoms with van der Waals surface area (Å²) < 4.78 is 0. The number of nitrogens with two attached hydrogens (primary N) is 1. The minimum atomic E-state index is -0.658. The molecule has 9 heteroatoms. The van der Waals surface area contributed by atoms with Gasteiger partial charge in [-0.1, -0.05) is 30.3 Å². The van der Waals surface area contributed by atoms with Crippen LogP contribution in [0.25, 0.3) is 11.1 Å². The number of fused-ring (bicyclic) bond motifs is 1. The monoisotopic (exact) mass is 354 g/mol. The Morgan fingerprint density at radius 3 is 2.73 bits per heavy atom. The third-order valence-electron chi connectivity index (χ3n) is 4.78. The first-order chi connectivity index (χ1) is 12.6. The highest BCUT2D eigenvalue weighted by molar-refractivity contribution is 6.02. The average molecular weight is 354 g/mol. The largest absolute Gasteiger partial charge is 0.382 e. The van der Waals surface area contributed by atoms with E-state index in [0.717, 1.165) is 5.56 Å². The van der Waals surface area contributed by atoms with Crippen molar-refractivity contribution in [1.82, 2.24) is 25.3 Å². The molecule has 2 aliphatic heterocycles. The molecule has 0 saturated carbocycles. The second-order valence-electron chi connectivity index (χ2n) is 6.30. The third-order valence-corrected chi connectivity index (χ3v) is 4.78. The number of rotatable bonds is 2. The van der Waals surface area contributed by atoms with Gasteiger partial charge in [-0.3, -0.25) is 19.5 Å². The number of aromatic amines is 1. The van der Waals surface area contributed by atoms with Gasteiger partial charge in [-0.15, -0.1) is 0 Å². The molecule has 0 bridgehead atoms. The number of benzene rings is 1. The van der Waals surface area contributed by atoms with Crippen LogP contribution in [-0.4, -0.2) is 69.9 Å². The van der Waals surface area contributed by atoms with Crippen LogP contribution in [0, 0.1) is 0 Å². The van der Waals surface area contributed by atoms with Gasteiger partial charge in [0, 0.05) is 13.1 Å². The molecule has 3 heterocycles. The smallest absolute Gasteiger partial charge is 0.272 e. The lowest BCUT2D eigenvalue weighted by molar-refractivity contribution is -0.148. The maximum Gasteiger partial charge on any atom is 0.272 e. The van der Waals surface area contributed by atoms with Gasteiger partial charge in [-0.05, 0) is 5.56 Å². The molecule has 1 aromatic carbocycles. The van der Waals surface area contributed by atoms with Gasteiger partial charge in [0.05, 0.1) is 18.7 Å². The van der Waals surface area contributed by atoms with Crippen molar-refractivity contribution in [2.75, 3.05) is 31.9 Å². The summed E-state index contributed by atoms with van der Waals surface area (Å²) in [7, 11) is 0. The van der Waals surface area contributed by atoms with E-state index in [1.807, 2.05) is 30.3 Å². The summed E-state index contributed by atoms with van der Waals surface area (Å²) in [4.78, 5) is 40.1. The number of amides is 3. The van der Waals surface area contributed by atoms with E-state index in [9.17, 15) is 14.4 Å².